The molecule has 0 fully saturated rings. The van der Waals surface area contributed by atoms with E-state index in [0.29, 0.717) is 11.8 Å². The standard InChI is InChI=1S/C7H9F5OS/c1-2-5(13)14-4-3-6(8,9)7(10,11)12/h2-4H2,1H3. The minimum Gasteiger partial charge on any atom is -0.287 e. The molecule has 0 heterocycles. The van der Waals surface area contributed by atoms with E-state index in [1.165, 1.54) is 6.92 Å². The van der Waals surface area contributed by atoms with Crippen molar-refractivity contribution in [2.45, 2.75) is 31.9 Å². The Kier molecular flexibility index (Phi) is 4.83. The molecule has 0 aliphatic heterocycles. The van der Waals surface area contributed by atoms with E-state index in [9.17, 15) is 26.7 Å². The molecular weight excluding hydrogens is 227 g/mol. The van der Waals surface area contributed by atoms with Crippen LogP contribution in [0.1, 0.15) is 19.8 Å². The summed E-state index contributed by atoms with van der Waals surface area (Å²) >= 11 is 0.500. The van der Waals surface area contributed by atoms with E-state index in [4.69, 9.17) is 0 Å². The van der Waals surface area contributed by atoms with Crippen LogP contribution in [0.25, 0.3) is 0 Å². The molecule has 0 bridgehead atoms. The lowest BCUT2D eigenvalue weighted by molar-refractivity contribution is -0.282. The SMILES string of the molecule is CCC(=O)SCCC(F)(F)C(F)(F)F. The maximum atomic E-state index is 12.2. The molecule has 0 amide bonds. The highest BCUT2D eigenvalue weighted by atomic mass is 32.2. The van der Waals surface area contributed by atoms with Gasteiger partial charge in [0, 0.05) is 18.6 Å². The number of thioether (sulfide) groups is 1. The Bertz CT molecular complexity index is 201. The Morgan fingerprint density at radius 3 is 2.07 bits per heavy atom. The van der Waals surface area contributed by atoms with Crippen molar-refractivity contribution in [3.05, 3.63) is 0 Å². The first-order valence-electron chi connectivity index (χ1n) is 3.81. The molecule has 0 atom stereocenters. The maximum Gasteiger partial charge on any atom is 0.453 e. The molecule has 14 heavy (non-hydrogen) atoms. The number of carbonyl (C=O) groups is 1. The van der Waals surface area contributed by atoms with Crippen molar-refractivity contribution in [1.29, 1.82) is 0 Å². The third-order valence-corrected chi connectivity index (χ3v) is 2.40. The number of halogens is 5. The molecule has 0 saturated heterocycles. The Hall–Kier alpha value is -0.330. The summed E-state index contributed by atoms with van der Waals surface area (Å²) in [7, 11) is 0. The monoisotopic (exact) mass is 236 g/mol. The average Bonchev–Trinajstić information content (AvgIpc) is 2.01. The van der Waals surface area contributed by atoms with Crippen molar-refractivity contribution in [1.82, 2.24) is 0 Å². The van der Waals surface area contributed by atoms with Crippen LogP contribution in [-0.4, -0.2) is 23.0 Å². The molecule has 84 valence electrons. The summed E-state index contributed by atoms with van der Waals surface area (Å²) in [5.74, 6) is -5.22. The van der Waals surface area contributed by atoms with Crippen molar-refractivity contribution in [2.75, 3.05) is 5.75 Å². The van der Waals surface area contributed by atoms with Crippen LogP contribution in [-0.2, 0) is 4.79 Å². The van der Waals surface area contributed by atoms with E-state index < -0.39 is 24.3 Å². The number of hydrogen-bond donors (Lipinski definition) is 0. The fourth-order valence-electron chi connectivity index (χ4n) is 0.537. The van der Waals surface area contributed by atoms with Crippen molar-refractivity contribution in [3.8, 4) is 0 Å². The summed E-state index contributed by atoms with van der Waals surface area (Å²) in [5.41, 5.74) is 0. The molecule has 0 rings (SSSR count). The smallest absolute Gasteiger partial charge is 0.287 e. The quantitative estimate of drug-likeness (QED) is 0.697. The van der Waals surface area contributed by atoms with Crippen molar-refractivity contribution in [3.63, 3.8) is 0 Å². The topological polar surface area (TPSA) is 17.1 Å². The summed E-state index contributed by atoms with van der Waals surface area (Å²) in [4.78, 5) is 10.6. The van der Waals surface area contributed by atoms with Crippen molar-refractivity contribution >= 4 is 16.9 Å². The fraction of sp³-hybridized carbons (Fsp3) is 0.857. The van der Waals surface area contributed by atoms with Gasteiger partial charge in [0.2, 0.25) is 0 Å². The van der Waals surface area contributed by atoms with Crippen LogP contribution in [0.4, 0.5) is 22.0 Å². The Balaban J connectivity index is 3.95. The van der Waals surface area contributed by atoms with E-state index in [1.54, 1.807) is 0 Å². The first-order chi connectivity index (χ1) is 6.20. The number of rotatable bonds is 4. The van der Waals surface area contributed by atoms with Gasteiger partial charge in [0.05, 0.1) is 0 Å². The van der Waals surface area contributed by atoms with Gasteiger partial charge in [-0.1, -0.05) is 18.7 Å². The maximum absolute atomic E-state index is 12.2. The van der Waals surface area contributed by atoms with Gasteiger partial charge < -0.3 is 0 Å². The molecule has 0 aliphatic rings. The molecule has 0 unspecified atom stereocenters. The third kappa shape index (κ3) is 4.26. The van der Waals surface area contributed by atoms with Crippen molar-refractivity contribution in [2.24, 2.45) is 0 Å². The van der Waals surface area contributed by atoms with Crippen LogP contribution in [0.15, 0.2) is 0 Å². The average molecular weight is 236 g/mol. The molecule has 1 nitrogen and oxygen atoms in total. The molecule has 0 N–H and O–H groups in total. The molecular formula is C7H9F5OS. The zero-order valence-corrected chi connectivity index (χ0v) is 8.14. The molecule has 7 heteroatoms. The van der Waals surface area contributed by atoms with Crippen LogP contribution in [0.3, 0.4) is 0 Å². The van der Waals surface area contributed by atoms with E-state index in [0.717, 1.165) is 0 Å². The van der Waals surface area contributed by atoms with Crippen LogP contribution in [0.5, 0.6) is 0 Å². The third-order valence-electron chi connectivity index (χ3n) is 1.38. The van der Waals surface area contributed by atoms with Gasteiger partial charge in [0.1, 0.15) is 0 Å². The lowest BCUT2D eigenvalue weighted by Crippen LogP contribution is -2.36. The van der Waals surface area contributed by atoms with E-state index in [2.05, 4.69) is 0 Å². The Morgan fingerprint density at radius 1 is 1.21 bits per heavy atom. The predicted molar refractivity (Wildman–Crippen MR) is 43.4 cm³/mol. The summed E-state index contributed by atoms with van der Waals surface area (Å²) in [6, 6.07) is 0. The zero-order valence-electron chi connectivity index (χ0n) is 7.33. The van der Waals surface area contributed by atoms with Crippen LogP contribution in [0, 0.1) is 0 Å². The van der Waals surface area contributed by atoms with Gasteiger partial charge in [0.25, 0.3) is 0 Å². The summed E-state index contributed by atoms with van der Waals surface area (Å²) in [6.07, 6.45) is -6.75. The highest BCUT2D eigenvalue weighted by Crippen LogP contribution is 2.38. The largest absolute Gasteiger partial charge is 0.453 e. The summed E-state index contributed by atoms with van der Waals surface area (Å²) < 4.78 is 59.3. The number of hydrogen-bond acceptors (Lipinski definition) is 2. The van der Waals surface area contributed by atoms with E-state index >= 15 is 0 Å². The minimum absolute atomic E-state index is 0.127. The van der Waals surface area contributed by atoms with E-state index in [-0.39, 0.29) is 11.5 Å². The molecule has 0 spiro atoms. The first kappa shape index (κ1) is 13.7. The Labute approximate surface area is 82.0 Å². The van der Waals surface area contributed by atoms with Gasteiger partial charge >= 0.3 is 12.1 Å². The van der Waals surface area contributed by atoms with Gasteiger partial charge in [-0.2, -0.15) is 22.0 Å². The van der Waals surface area contributed by atoms with Crippen LogP contribution < -0.4 is 0 Å². The number of alkyl halides is 5. The minimum atomic E-state index is -5.52. The van der Waals surface area contributed by atoms with Crippen molar-refractivity contribution < 1.29 is 26.7 Å². The van der Waals surface area contributed by atoms with Gasteiger partial charge in [-0.15, -0.1) is 0 Å². The molecule has 0 aromatic rings. The second kappa shape index (κ2) is 4.95. The van der Waals surface area contributed by atoms with Gasteiger partial charge in [0.15, 0.2) is 5.12 Å². The summed E-state index contributed by atoms with van der Waals surface area (Å²) in [6.45, 7) is 1.51. The van der Waals surface area contributed by atoms with Crippen LogP contribution >= 0.6 is 11.8 Å². The fourth-order valence-corrected chi connectivity index (χ4v) is 1.33. The second-order valence-corrected chi connectivity index (χ2v) is 3.68. The Morgan fingerprint density at radius 2 is 1.71 bits per heavy atom. The predicted octanol–water partition coefficient (Wildman–Crippen LogP) is 3.24. The highest BCUT2D eigenvalue weighted by molar-refractivity contribution is 8.13. The lowest BCUT2D eigenvalue weighted by Gasteiger charge is -2.18. The molecule has 0 aromatic carbocycles. The van der Waals surface area contributed by atoms with E-state index in [1.807, 2.05) is 0 Å². The van der Waals surface area contributed by atoms with Gasteiger partial charge in [-0.3, -0.25) is 4.79 Å². The normalized spacial score (nSPS) is 13.0. The van der Waals surface area contributed by atoms with Crippen LogP contribution in [0.2, 0.25) is 0 Å². The summed E-state index contributed by atoms with van der Waals surface area (Å²) in [5, 5.41) is -0.386. The molecule has 0 saturated carbocycles. The zero-order chi connectivity index (χ0) is 11.4. The first-order valence-corrected chi connectivity index (χ1v) is 4.79. The van der Waals surface area contributed by atoms with Gasteiger partial charge in [-0.25, -0.2) is 0 Å². The lowest BCUT2D eigenvalue weighted by atomic mass is 10.2. The van der Waals surface area contributed by atoms with Gasteiger partial charge in [-0.05, 0) is 0 Å². The molecule has 0 radical (unpaired) electrons. The highest BCUT2D eigenvalue weighted by Gasteiger charge is 2.56. The number of carbonyl (C=O) groups excluding carboxylic acids is 1. The molecule has 0 aliphatic carbocycles. The molecule has 0 aromatic heterocycles. The second-order valence-electron chi connectivity index (χ2n) is 2.53.